The lowest BCUT2D eigenvalue weighted by Gasteiger charge is -2.08. The molecule has 1 aliphatic heterocycles. The molecule has 6 nitrogen and oxygen atoms in total. The topological polar surface area (TPSA) is 69.4 Å². The molecule has 1 N–H and O–H groups in total. The number of aromatic nitrogens is 2. The van der Waals surface area contributed by atoms with E-state index in [1.807, 2.05) is 24.3 Å². The quantitative estimate of drug-likeness (QED) is 0.877. The fourth-order valence-electron chi connectivity index (χ4n) is 2.35. The van der Waals surface area contributed by atoms with E-state index in [0.717, 1.165) is 37.3 Å². The van der Waals surface area contributed by atoms with Crippen molar-refractivity contribution in [3.05, 3.63) is 30.2 Å². The molecule has 1 aromatic heterocycles. The lowest BCUT2D eigenvalue weighted by atomic mass is 10.2. The number of rotatable bonds is 6. The van der Waals surface area contributed by atoms with E-state index in [4.69, 9.17) is 14.0 Å². The lowest BCUT2D eigenvalue weighted by Crippen LogP contribution is -2.25. The first-order chi connectivity index (χ1) is 10.3. The predicted molar refractivity (Wildman–Crippen MR) is 77.0 cm³/mol. The molecule has 0 spiro atoms. The number of benzene rings is 1. The van der Waals surface area contributed by atoms with Crippen LogP contribution < -0.4 is 10.1 Å². The average Bonchev–Trinajstić information content (AvgIpc) is 3.19. The Balaban J connectivity index is 1.57. The number of methoxy groups -OCH3 is 1. The summed E-state index contributed by atoms with van der Waals surface area (Å²) in [6.45, 7) is 2.24. The summed E-state index contributed by atoms with van der Waals surface area (Å²) in [5.74, 6) is 1.92. The van der Waals surface area contributed by atoms with Crippen LogP contribution in [-0.4, -0.2) is 36.5 Å². The number of nitrogens with one attached hydrogen (secondary N) is 1. The summed E-state index contributed by atoms with van der Waals surface area (Å²) in [4.78, 5) is 4.38. The molecular formula is C15H19N3O3. The predicted octanol–water partition coefficient (Wildman–Crippen LogP) is 2.01. The van der Waals surface area contributed by atoms with Gasteiger partial charge in [-0.1, -0.05) is 17.3 Å². The third-order valence-corrected chi connectivity index (χ3v) is 3.47. The summed E-state index contributed by atoms with van der Waals surface area (Å²) in [5, 5.41) is 7.28. The Kier molecular flexibility index (Phi) is 4.47. The Bertz CT molecular complexity index is 579. The van der Waals surface area contributed by atoms with Crippen LogP contribution >= 0.6 is 0 Å². The molecule has 1 aromatic carbocycles. The number of hydrogen-bond acceptors (Lipinski definition) is 6. The first kappa shape index (κ1) is 14.0. The van der Waals surface area contributed by atoms with Crippen LogP contribution in [0.25, 0.3) is 11.4 Å². The molecule has 21 heavy (non-hydrogen) atoms. The van der Waals surface area contributed by atoms with Crippen LogP contribution in [0.3, 0.4) is 0 Å². The molecule has 1 fully saturated rings. The summed E-state index contributed by atoms with van der Waals surface area (Å²) in [6.07, 6.45) is 2.57. The van der Waals surface area contributed by atoms with Crippen molar-refractivity contribution in [3.8, 4) is 17.1 Å². The first-order valence-corrected chi connectivity index (χ1v) is 7.14. The van der Waals surface area contributed by atoms with Crippen molar-refractivity contribution >= 4 is 0 Å². The molecule has 3 rings (SSSR count). The van der Waals surface area contributed by atoms with Crippen LogP contribution in [0.5, 0.6) is 5.75 Å². The highest BCUT2D eigenvalue weighted by Gasteiger charge is 2.15. The van der Waals surface area contributed by atoms with E-state index in [0.29, 0.717) is 24.4 Å². The SMILES string of the molecule is COc1cccc(-c2noc(CNCC3CCCO3)n2)c1. The van der Waals surface area contributed by atoms with E-state index in [1.54, 1.807) is 7.11 Å². The second-order valence-electron chi connectivity index (χ2n) is 5.01. The van der Waals surface area contributed by atoms with Gasteiger partial charge >= 0.3 is 0 Å². The molecule has 1 unspecified atom stereocenters. The summed E-state index contributed by atoms with van der Waals surface area (Å²) in [5.41, 5.74) is 0.878. The fraction of sp³-hybridized carbons (Fsp3) is 0.467. The Morgan fingerprint density at radius 2 is 2.38 bits per heavy atom. The maximum Gasteiger partial charge on any atom is 0.240 e. The minimum Gasteiger partial charge on any atom is -0.497 e. The van der Waals surface area contributed by atoms with Gasteiger partial charge in [0, 0.05) is 18.7 Å². The first-order valence-electron chi connectivity index (χ1n) is 7.14. The molecule has 1 atom stereocenters. The maximum absolute atomic E-state index is 5.55. The van der Waals surface area contributed by atoms with Gasteiger partial charge in [0.1, 0.15) is 5.75 Å². The Morgan fingerprint density at radius 3 is 3.19 bits per heavy atom. The van der Waals surface area contributed by atoms with Crippen molar-refractivity contribution in [3.63, 3.8) is 0 Å². The standard InChI is InChI=1S/C15H19N3O3/c1-19-12-5-2-4-11(8-12)15-17-14(21-18-15)10-16-9-13-6-3-7-20-13/h2,4-5,8,13,16H,3,6-7,9-10H2,1H3. The molecule has 112 valence electrons. The van der Waals surface area contributed by atoms with Gasteiger partial charge in [-0.3, -0.25) is 0 Å². The summed E-state index contributed by atoms with van der Waals surface area (Å²) >= 11 is 0. The van der Waals surface area contributed by atoms with E-state index in [9.17, 15) is 0 Å². The van der Waals surface area contributed by atoms with Crippen LogP contribution in [0.4, 0.5) is 0 Å². The van der Waals surface area contributed by atoms with Crippen molar-refractivity contribution in [1.82, 2.24) is 15.5 Å². The Morgan fingerprint density at radius 1 is 1.43 bits per heavy atom. The van der Waals surface area contributed by atoms with Crippen LogP contribution in [0.15, 0.2) is 28.8 Å². The summed E-state index contributed by atoms with van der Waals surface area (Å²) < 4.78 is 16.0. The van der Waals surface area contributed by atoms with Gasteiger partial charge in [-0.25, -0.2) is 0 Å². The molecule has 0 aliphatic carbocycles. The molecule has 1 saturated heterocycles. The van der Waals surface area contributed by atoms with Crippen LogP contribution in [0.2, 0.25) is 0 Å². The van der Waals surface area contributed by atoms with Gasteiger partial charge in [0.05, 0.1) is 19.8 Å². The average molecular weight is 289 g/mol. The minimum atomic E-state index is 0.311. The minimum absolute atomic E-state index is 0.311. The zero-order valence-corrected chi connectivity index (χ0v) is 12.0. The lowest BCUT2D eigenvalue weighted by molar-refractivity contribution is 0.109. The maximum atomic E-state index is 5.55. The molecular weight excluding hydrogens is 270 g/mol. The van der Waals surface area contributed by atoms with Gasteiger partial charge < -0.3 is 19.3 Å². The van der Waals surface area contributed by atoms with Gasteiger partial charge in [-0.15, -0.1) is 0 Å². The van der Waals surface area contributed by atoms with Crippen LogP contribution in [0.1, 0.15) is 18.7 Å². The van der Waals surface area contributed by atoms with E-state index < -0.39 is 0 Å². The highest BCUT2D eigenvalue weighted by atomic mass is 16.5. The van der Waals surface area contributed by atoms with E-state index in [2.05, 4.69) is 15.5 Å². The van der Waals surface area contributed by atoms with Gasteiger partial charge in [0.15, 0.2) is 0 Å². The third-order valence-electron chi connectivity index (χ3n) is 3.47. The van der Waals surface area contributed by atoms with E-state index in [-0.39, 0.29) is 0 Å². The second-order valence-corrected chi connectivity index (χ2v) is 5.01. The molecule has 0 saturated carbocycles. The highest BCUT2D eigenvalue weighted by molar-refractivity contribution is 5.56. The molecule has 2 aromatic rings. The van der Waals surface area contributed by atoms with Crippen LogP contribution in [0, 0.1) is 0 Å². The van der Waals surface area contributed by atoms with Crippen molar-refractivity contribution < 1.29 is 14.0 Å². The molecule has 6 heteroatoms. The zero-order chi connectivity index (χ0) is 14.5. The second kappa shape index (κ2) is 6.69. The third kappa shape index (κ3) is 3.59. The molecule has 2 heterocycles. The Labute approximate surface area is 123 Å². The van der Waals surface area contributed by atoms with Gasteiger partial charge in [-0.05, 0) is 25.0 Å². The number of ether oxygens (including phenoxy) is 2. The highest BCUT2D eigenvalue weighted by Crippen LogP contribution is 2.21. The smallest absolute Gasteiger partial charge is 0.240 e. The summed E-state index contributed by atoms with van der Waals surface area (Å²) in [6, 6.07) is 7.60. The summed E-state index contributed by atoms with van der Waals surface area (Å²) in [7, 11) is 1.63. The van der Waals surface area contributed by atoms with E-state index >= 15 is 0 Å². The van der Waals surface area contributed by atoms with Crippen molar-refractivity contribution in [2.75, 3.05) is 20.3 Å². The molecule has 1 aliphatic rings. The Hall–Kier alpha value is -1.92. The van der Waals surface area contributed by atoms with Crippen molar-refractivity contribution in [1.29, 1.82) is 0 Å². The number of nitrogens with zero attached hydrogens (tertiary/aromatic N) is 2. The molecule has 0 amide bonds. The zero-order valence-electron chi connectivity index (χ0n) is 12.0. The van der Waals surface area contributed by atoms with E-state index in [1.165, 1.54) is 0 Å². The van der Waals surface area contributed by atoms with Gasteiger partial charge in [-0.2, -0.15) is 4.98 Å². The normalized spacial score (nSPS) is 18.0. The molecule has 0 bridgehead atoms. The van der Waals surface area contributed by atoms with Gasteiger partial charge in [0.25, 0.3) is 0 Å². The van der Waals surface area contributed by atoms with Crippen molar-refractivity contribution in [2.24, 2.45) is 0 Å². The fourth-order valence-corrected chi connectivity index (χ4v) is 2.35. The molecule has 0 radical (unpaired) electrons. The monoisotopic (exact) mass is 289 g/mol. The number of hydrogen-bond donors (Lipinski definition) is 1. The van der Waals surface area contributed by atoms with Crippen molar-refractivity contribution in [2.45, 2.75) is 25.5 Å². The van der Waals surface area contributed by atoms with Gasteiger partial charge in [0.2, 0.25) is 11.7 Å². The van der Waals surface area contributed by atoms with Crippen LogP contribution in [-0.2, 0) is 11.3 Å². The largest absolute Gasteiger partial charge is 0.497 e.